The fraction of sp³-hybridized carbons (Fsp3) is 0.571. The molecule has 0 aliphatic rings. The molecule has 0 radical (unpaired) electrons. The fourth-order valence-corrected chi connectivity index (χ4v) is 1.73. The van der Waals surface area contributed by atoms with Crippen molar-refractivity contribution in [2.24, 2.45) is 0 Å². The lowest BCUT2D eigenvalue weighted by Crippen LogP contribution is -2.29. The molecule has 2 N–H and O–H groups in total. The van der Waals surface area contributed by atoms with Gasteiger partial charge < -0.3 is 19.9 Å². The van der Waals surface area contributed by atoms with Gasteiger partial charge in [-0.05, 0) is 37.6 Å². The Kier molecular flexibility index (Phi) is 6.12. The van der Waals surface area contributed by atoms with E-state index in [1.165, 1.54) is 0 Å². The first kappa shape index (κ1) is 15.0. The summed E-state index contributed by atoms with van der Waals surface area (Å²) in [5, 5.41) is 13.6. The van der Waals surface area contributed by atoms with Crippen LogP contribution in [0.3, 0.4) is 0 Å². The number of ether oxygens (including phenoxy) is 2. The summed E-state index contributed by atoms with van der Waals surface area (Å²) in [6.45, 7) is 4.06. The molecule has 1 atom stereocenters. The smallest absolute Gasteiger partial charge is 0.118 e. The molecule has 0 fully saturated rings. The highest BCUT2D eigenvalue weighted by atomic mass is 16.5. The van der Waals surface area contributed by atoms with Crippen LogP contribution in [-0.2, 0) is 10.3 Å². The monoisotopic (exact) mass is 253 g/mol. The van der Waals surface area contributed by atoms with Gasteiger partial charge in [0.2, 0.25) is 0 Å². The summed E-state index contributed by atoms with van der Waals surface area (Å²) >= 11 is 0. The van der Waals surface area contributed by atoms with Crippen molar-refractivity contribution in [2.45, 2.75) is 18.9 Å². The Labute approximate surface area is 109 Å². The number of methoxy groups -OCH3 is 2. The molecule has 0 heterocycles. The molecule has 1 aromatic rings. The summed E-state index contributed by atoms with van der Waals surface area (Å²) in [6.07, 6.45) is 0.656. The van der Waals surface area contributed by atoms with Crippen LogP contribution in [0.25, 0.3) is 0 Å². The summed E-state index contributed by atoms with van der Waals surface area (Å²) in [7, 11) is 3.31. The average Bonchev–Trinajstić information content (AvgIpc) is 2.38. The fourth-order valence-electron chi connectivity index (χ4n) is 1.73. The van der Waals surface area contributed by atoms with Crippen LogP contribution in [-0.4, -0.2) is 39.0 Å². The highest BCUT2D eigenvalue weighted by Crippen LogP contribution is 2.25. The molecular formula is C14H23NO3. The predicted octanol–water partition coefficient (Wildman–Crippen LogP) is 1.53. The first-order valence-electron chi connectivity index (χ1n) is 6.16. The number of nitrogens with one attached hydrogen (secondary N) is 1. The molecule has 18 heavy (non-hydrogen) atoms. The molecule has 0 amide bonds. The molecule has 0 saturated heterocycles. The standard InChI is InChI=1S/C14H23NO3/c1-14(16,8-9-15-10-11-17-2)12-4-6-13(18-3)7-5-12/h4-7,15-16H,8-11H2,1-3H3. The lowest BCUT2D eigenvalue weighted by Gasteiger charge is -2.24. The van der Waals surface area contributed by atoms with Crippen LogP contribution in [0.4, 0.5) is 0 Å². The van der Waals surface area contributed by atoms with Gasteiger partial charge in [-0.2, -0.15) is 0 Å². The lowest BCUT2D eigenvalue weighted by molar-refractivity contribution is 0.0475. The lowest BCUT2D eigenvalue weighted by atomic mass is 9.92. The molecule has 0 aromatic heterocycles. The minimum Gasteiger partial charge on any atom is -0.497 e. The molecule has 0 saturated carbocycles. The van der Waals surface area contributed by atoms with Crippen molar-refractivity contribution in [1.82, 2.24) is 5.32 Å². The number of hydrogen-bond donors (Lipinski definition) is 2. The van der Waals surface area contributed by atoms with Crippen molar-refractivity contribution in [3.8, 4) is 5.75 Å². The summed E-state index contributed by atoms with van der Waals surface area (Å²) in [5.74, 6) is 0.799. The van der Waals surface area contributed by atoms with Gasteiger partial charge in [-0.25, -0.2) is 0 Å². The minimum atomic E-state index is -0.827. The molecule has 1 aromatic carbocycles. The highest BCUT2D eigenvalue weighted by molar-refractivity contribution is 5.30. The third-order valence-corrected chi connectivity index (χ3v) is 2.98. The van der Waals surface area contributed by atoms with Gasteiger partial charge in [0.15, 0.2) is 0 Å². The van der Waals surface area contributed by atoms with Gasteiger partial charge in [-0.1, -0.05) is 12.1 Å². The van der Waals surface area contributed by atoms with Crippen molar-refractivity contribution in [3.05, 3.63) is 29.8 Å². The van der Waals surface area contributed by atoms with Crippen LogP contribution in [0.2, 0.25) is 0 Å². The summed E-state index contributed by atoms with van der Waals surface area (Å²) < 4.78 is 10.0. The van der Waals surface area contributed by atoms with Crippen LogP contribution in [0.15, 0.2) is 24.3 Å². The zero-order chi connectivity index (χ0) is 13.4. The average molecular weight is 253 g/mol. The summed E-state index contributed by atoms with van der Waals surface area (Å²) in [4.78, 5) is 0. The Hall–Kier alpha value is -1.10. The number of aliphatic hydroxyl groups is 1. The second kappa shape index (κ2) is 7.36. The van der Waals surface area contributed by atoms with Gasteiger partial charge in [0, 0.05) is 13.7 Å². The molecule has 1 rings (SSSR count). The van der Waals surface area contributed by atoms with Crippen molar-refractivity contribution in [2.75, 3.05) is 33.9 Å². The largest absolute Gasteiger partial charge is 0.497 e. The summed E-state index contributed by atoms with van der Waals surface area (Å²) in [6, 6.07) is 7.52. The van der Waals surface area contributed by atoms with E-state index in [2.05, 4.69) is 5.32 Å². The Balaban J connectivity index is 2.45. The van der Waals surface area contributed by atoms with Crippen LogP contribution in [0, 0.1) is 0 Å². The normalized spacial score (nSPS) is 14.2. The van der Waals surface area contributed by atoms with Crippen molar-refractivity contribution in [3.63, 3.8) is 0 Å². The topological polar surface area (TPSA) is 50.7 Å². The first-order chi connectivity index (χ1) is 8.60. The molecule has 0 spiro atoms. The van der Waals surface area contributed by atoms with Crippen LogP contribution in [0.5, 0.6) is 5.75 Å². The maximum absolute atomic E-state index is 10.4. The van der Waals surface area contributed by atoms with Crippen molar-refractivity contribution >= 4 is 0 Å². The number of rotatable bonds is 8. The molecule has 1 unspecified atom stereocenters. The van der Waals surface area contributed by atoms with Gasteiger partial charge >= 0.3 is 0 Å². The van der Waals surface area contributed by atoms with E-state index in [0.29, 0.717) is 13.0 Å². The first-order valence-corrected chi connectivity index (χ1v) is 6.16. The van der Waals surface area contributed by atoms with E-state index in [4.69, 9.17) is 9.47 Å². The van der Waals surface area contributed by atoms with Crippen LogP contribution >= 0.6 is 0 Å². The van der Waals surface area contributed by atoms with E-state index < -0.39 is 5.60 Å². The van der Waals surface area contributed by atoms with Gasteiger partial charge in [-0.3, -0.25) is 0 Å². The molecule has 0 aliphatic carbocycles. The Morgan fingerprint density at radius 3 is 2.39 bits per heavy atom. The molecule has 4 heteroatoms. The van der Waals surface area contributed by atoms with Gasteiger partial charge in [-0.15, -0.1) is 0 Å². The second-order valence-corrected chi connectivity index (χ2v) is 4.50. The SMILES string of the molecule is COCCNCCC(C)(O)c1ccc(OC)cc1. The van der Waals surface area contributed by atoms with Crippen LogP contribution < -0.4 is 10.1 Å². The van der Waals surface area contributed by atoms with E-state index in [0.717, 1.165) is 24.4 Å². The highest BCUT2D eigenvalue weighted by Gasteiger charge is 2.22. The molecule has 102 valence electrons. The Bertz CT molecular complexity index is 335. The van der Waals surface area contributed by atoms with E-state index in [1.807, 2.05) is 31.2 Å². The zero-order valence-corrected chi connectivity index (χ0v) is 11.4. The molecular weight excluding hydrogens is 230 g/mol. The third kappa shape index (κ3) is 4.64. The van der Waals surface area contributed by atoms with E-state index in [1.54, 1.807) is 14.2 Å². The molecule has 0 bridgehead atoms. The van der Waals surface area contributed by atoms with Crippen LogP contribution in [0.1, 0.15) is 18.9 Å². The van der Waals surface area contributed by atoms with Gasteiger partial charge in [0.25, 0.3) is 0 Å². The summed E-state index contributed by atoms with van der Waals surface area (Å²) in [5.41, 5.74) is 0.0728. The van der Waals surface area contributed by atoms with E-state index >= 15 is 0 Å². The predicted molar refractivity (Wildman–Crippen MR) is 71.9 cm³/mol. The maximum Gasteiger partial charge on any atom is 0.118 e. The van der Waals surface area contributed by atoms with Crippen molar-refractivity contribution in [1.29, 1.82) is 0 Å². The quantitative estimate of drug-likeness (QED) is 0.690. The Morgan fingerprint density at radius 1 is 1.17 bits per heavy atom. The third-order valence-electron chi connectivity index (χ3n) is 2.98. The minimum absolute atomic E-state index is 0.656. The number of benzene rings is 1. The van der Waals surface area contributed by atoms with Gasteiger partial charge in [0.1, 0.15) is 5.75 Å². The van der Waals surface area contributed by atoms with Crippen molar-refractivity contribution < 1.29 is 14.6 Å². The van der Waals surface area contributed by atoms with Gasteiger partial charge in [0.05, 0.1) is 19.3 Å². The molecule has 4 nitrogen and oxygen atoms in total. The van der Waals surface area contributed by atoms with E-state index in [-0.39, 0.29) is 0 Å². The maximum atomic E-state index is 10.4. The number of hydrogen-bond acceptors (Lipinski definition) is 4. The zero-order valence-electron chi connectivity index (χ0n) is 11.4. The second-order valence-electron chi connectivity index (χ2n) is 4.50. The molecule has 0 aliphatic heterocycles. The van der Waals surface area contributed by atoms with E-state index in [9.17, 15) is 5.11 Å². The Morgan fingerprint density at radius 2 is 1.83 bits per heavy atom.